The Hall–Kier alpha value is -2.87. The third-order valence-corrected chi connectivity index (χ3v) is 4.98. The number of benzene rings is 3. The first kappa shape index (κ1) is 13.6. The number of aromatic nitrogens is 2. The van der Waals surface area contributed by atoms with Gasteiger partial charge in [0.15, 0.2) is 0 Å². The van der Waals surface area contributed by atoms with Gasteiger partial charge in [0.05, 0.1) is 11.4 Å². The van der Waals surface area contributed by atoms with Crippen molar-refractivity contribution in [3.05, 3.63) is 66.2 Å². The number of aromatic amines is 1. The molecular formula is C22H18N2. The van der Waals surface area contributed by atoms with Crippen LogP contribution in [-0.2, 0) is 0 Å². The first-order valence-electron chi connectivity index (χ1n) is 8.45. The van der Waals surface area contributed by atoms with Gasteiger partial charge in [-0.15, -0.1) is 0 Å². The molecule has 1 N–H and O–H groups in total. The molecule has 0 bridgehead atoms. The van der Waals surface area contributed by atoms with Gasteiger partial charge in [-0.05, 0) is 16.9 Å². The second-order valence-electron chi connectivity index (χ2n) is 6.79. The smallest absolute Gasteiger partial charge is 0.138 e. The molecule has 1 aliphatic carbocycles. The summed E-state index contributed by atoms with van der Waals surface area (Å²) in [5, 5.41) is 2.59. The Morgan fingerprint density at radius 3 is 2.25 bits per heavy atom. The van der Waals surface area contributed by atoms with Gasteiger partial charge in [0.25, 0.3) is 0 Å². The topological polar surface area (TPSA) is 28.7 Å². The van der Waals surface area contributed by atoms with Gasteiger partial charge in [0.2, 0.25) is 0 Å². The van der Waals surface area contributed by atoms with Crippen LogP contribution in [0.15, 0.2) is 60.7 Å². The number of H-pyrrole nitrogens is 1. The van der Waals surface area contributed by atoms with E-state index in [4.69, 9.17) is 4.98 Å². The van der Waals surface area contributed by atoms with Gasteiger partial charge in [0, 0.05) is 22.1 Å². The van der Waals surface area contributed by atoms with E-state index in [1.165, 1.54) is 27.5 Å². The van der Waals surface area contributed by atoms with Crippen LogP contribution in [0.3, 0.4) is 0 Å². The third kappa shape index (κ3) is 1.80. The maximum absolute atomic E-state index is 4.92. The van der Waals surface area contributed by atoms with E-state index in [1.807, 2.05) is 0 Å². The fraction of sp³-hybridized carbons (Fsp3) is 0.136. The van der Waals surface area contributed by atoms with E-state index in [9.17, 15) is 0 Å². The van der Waals surface area contributed by atoms with E-state index in [-0.39, 0.29) is 0 Å². The zero-order valence-electron chi connectivity index (χ0n) is 13.8. The molecule has 2 nitrogen and oxygen atoms in total. The Morgan fingerprint density at radius 1 is 0.833 bits per heavy atom. The van der Waals surface area contributed by atoms with Gasteiger partial charge in [-0.3, -0.25) is 0 Å². The minimum absolute atomic E-state index is 0.546. The lowest BCUT2D eigenvalue weighted by atomic mass is 10.0. The Balaban J connectivity index is 1.66. The zero-order valence-corrected chi connectivity index (χ0v) is 13.8. The second kappa shape index (κ2) is 4.81. The molecule has 0 spiro atoms. The first-order valence-corrected chi connectivity index (χ1v) is 8.45. The van der Waals surface area contributed by atoms with Crippen LogP contribution in [0.25, 0.3) is 44.7 Å². The van der Waals surface area contributed by atoms with Crippen molar-refractivity contribution in [3.8, 4) is 33.9 Å². The molecular weight excluding hydrogens is 292 g/mol. The summed E-state index contributed by atoms with van der Waals surface area (Å²) in [4.78, 5) is 8.47. The van der Waals surface area contributed by atoms with Crippen LogP contribution >= 0.6 is 0 Å². The molecule has 1 heterocycles. The Bertz CT molecular complexity index is 1010. The summed E-state index contributed by atoms with van der Waals surface area (Å²) in [7, 11) is 0. The van der Waals surface area contributed by atoms with Crippen molar-refractivity contribution in [2.75, 3.05) is 0 Å². The molecule has 0 aliphatic heterocycles. The molecule has 0 fully saturated rings. The summed E-state index contributed by atoms with van der Waals surface area (Å²) in [6, 6.07) is 21.6. The Labute approximate surface area is 141 Å². The molecule has 0 unspecified atom stereocenters. The minimum atomic E-state index is 0.546. The van der Waals surface area contributed by atoms with Crippen molar-refractivity contribution in [2.24, 2.45) is 0 Å². The first-order chi connectivity index (χ1) is 11.7. The highest BCUT2D eigenvalue weighted by molar-refractivity contribution is 6.13. The molecule has 4 aromatic rings. The van der Waals surface area contributed by atoms with E-state index in [2.05, 4.69) is 79.5 Å². The number of nitrogens with one attached hydrogen (secondary N) is 1. The number of hydrogen-bond donors (Lipinski definition) is 1. The van der Waals surface area contributed by atoms with Gasteiger partial charge < -0.3 is 4.98 Å². The van der Waals surface area contributed by atoms with Crippen molar-refractivity contribution >= 4 is 10.8 Å². The molecule has 116 valence electrons. The lowest BCUT2D eigenvalue weighted by Crippen LogP contribution is -1.88. The lowest BCUT2D eigenvalue weighted by molar-refractivity contribution is 0.867. The predicted octanol–water partition coefficient (Wildman–Crippen LogP) is 6.00. The predicted molar refractivity (Wildman–Crippen MR) is 100 cm³/mol. The number of rotatable bonds is 2. The minimum Gasteiger partial charge on any atom is -0.337 e. The highest BCUT2D eigenvalue weighted by Gasteiger charge is 2.25. The quantitative estimate of drug-likeness (QED) is 0.425. The average Bonchev–Trinajstić information content (AvgIpc) is 3.16. The average molecular weight is 310 g/mol. The molecule has 2 heteroatoms. The SMILES string of the molecule is CC(C)c1ccc(-c2nc3c([nH]2)-c2cccc4cccc-3c24)cc1. The molecule has 0 saturated carbocycles. The zero-order chi connectivity index (χ0) is 16.3. The summed E-state index contributed by atoms with van der Waals surface area (Å²) in [6.45, 7) is 4.43. The molecule has 1 aromatic heterocycles. The van der Waals surface area contributed by atoms with E-state index in [0.717, 1.165) is 22.8 Å². The van der Waals surface area contributed by atoms with Crippen molar-refractivity contribution in [1.82, 2.24) is 9.97 Å². The molecule has 0 radical (unpaired) electrons. The number of hydrogen-bond acceptors (Lipinski definition) is 1. The highest BCUT2D eigenvalue weighted by Crippen LogP contribution is 2.46. The van der Waals surface area contributed by atoms with Crippen LogP contribution < -0.4 is 0 Å². The van der Waals surface area contributed by atoms with Gasteiger partial charge in [-0.1, -0.05) is 74.5 Å². The largest absolute Gasteiger partial charge is 0.337 e. The molecule has 3 aromatic carbocycles. The van der Waals surface area contributed by atoms with Crippen molar-refractivity contribution in [3.63, 3.8) is 0 Å². The van der Waals surface area contributed by atoms with Crippen LogP contribution in [0.4, 0.5) is 0 Å². The fourth-order valence-electron chi connectivity index (χ4n) is 3.67. The molecule has 0 atom stereocenters. The van der Waals surface area contributed by atoms with Crippen molar-refractivity contribution < 1.29 is 0 Å². The second-order valence-corrected chi connectivity index (χ2v) is 6.79. The van der Waals surface area contributed by atoms with Crippen LogP contribution in [0, 0.1) is 0 Å². The van der Waals surface area contributed by atoms with Crippen LogP contribution in [-0.4, -0.2) is 9.97 Å². The molecule has 0 saturated heterocycles. The number of nitrogens with zero attached hydrogens (tertiary/aromatic N) is 1. The van der Waals surface area contributed by atoms with E-state index < -0.39 is 0 Å². The van der Waals surface area contributed by atoms with Crippen LogP contribution in [0.1, 0.15) is 25.3 Å². The number of imidazole rings is 1. The summed E-state index contributed by atoms with van der Waals surface area (Å²) < 4.78 is 0. The van der Waals surface area contributed by atoms with Crippen LogP contribution in [0.2, 0.25) is 0 Å². The Morgan fingerprint density at radius 2 is 1.54 bits per heavy atom. The molecule has 1 aliphatic rings. The van der Waals surface area contributed by atoms with E-state index >= 15 is 0 Å². The lowest BCUT2D eigenvalue weighted by Gasteiger charge is -2.06. The summed E-state index contributed by atoms with van der Waals surface area (Å²) in [5.41, 5.74) is 7.20. The maximum atomic E-state index is 4.92. The summed E-state index contributed by atoms with van der Waals surface area (Å²) >= 11 is 0. The van der Waals surface area contributed by atoms with Gasteiger partial charge >= 0.3 is 0 Å². The van der Waals surface area contributed by atoms with E-state index in [0.29, 0.717) is 5.92 Å². The Kier molecular flexibility index (Phi) is 2.72. The van der Waals surface area contributed by atoms with Crippen molar-refractivity contribution in [1.29, 1.82) is 0 Å². The van der Waals surface area contributed by atoms with Gasteiger partial charge in [-0.25, -0.2) is 4.98 Å². The molecule has 24 heavy (non-hydrogen) atoms. The standard InChI is InChI=1S/C22H18N2/c1-13(2)14-9-11-16(12-10-14)22-23-20-17-7-3-5-15-6-4-8-18(19(15)17)21(20)24-22/h3-13H,1-2H3,(H,23,24). The third-order valence-electron chi connectivity index (χ3n) is 4.98. The normalized spacial score (nSPS) is 12.1. The highest BCUT2D eigenvalue weighted by atomic mass is 14.9. The fourth-order valence-corrected chi connectivity index (χ4v) is 3.67. The summed E-state index contributed by atoms with van der Waals surface area (Å²) in [5.74, 6) is 1.49. The van der Waals surface area contributed by atoms with Gasteiger partial charge in [-0.2, -0.15) is 0 Å². The van der Waals surface area contributed by atoms with E-state index in [1.54, 1.807) is 0 Å². The van der Waals surface area contributed by atoms with Gasteiger partial charge in [0.1, 0.15) is 5.82 Å². The monoisotopic (exact) mass is 310 g/mol. The molecule has 5 rings (SSSR count). The van der Waals surface area contributed by atoms with Crippen molar-refractivity contribution in [2.45, 2.75) is 19.8 Å². The summed E-state index contributed by atoms with van der Waals surface area (Å²) in [6.07, 6.45) is 0. The number of fused-ring (bicyclic) bond motifs is 3. The maximum Gasteiger partial charge on any atom is 0.138 e. The van der Waals surface area contributed by atoms with Crippen LogP contribution in [0.5, 0.6) is 0 Å². The molecule has 0 amide bonds.